The van der Waals surface area contributed by atoms with Crippen LogP contribution in [0.5, 0.6) is 5.06 Å². The van der Waals surface area contributed by atoms with Crippen LogP contribution < -0.4 is 9.64 Å². The van der Waals surface area contributed by atoms with Gasteiger partial charge in [-0.15, -0.1) is 0 Å². The highest BCUT2D eigenvalue weighted by Gasteiger charge is 2.37. The van der Waals surface area contributed by atoms with Crippen LogP contribution in [0.4, 0.5) is 10.5 Å². The fourth-order valence-electron chi connectivity index (χ4n) is 4.98. The third-order valence-electron chi connectivity index (χ3n) is 6.97. The van der Waals surface area contributed by atoms with E-state index in [1.165, 1.54) is 18.4 Å². The third kappa shape index (κ3) is 5.58. The van der Waals surface area contributed by atoms with Gasteiger partial charge in [-0.05, 0) is 68.9 Å². The lowest BCUT2D eigenvalue weighted by atomic mass is 9.81. The number of carbonyl (C=O) groups is 2. The van der Waals surface area contributed by atoms with Crippen molar-refractivity contribution in [2.45, 2.75) is 70.4 Å². The molecule has 0 spiro atoms. The first-order valence-electron chi connectivity index (χ1n) is 11.9. The summed E-state index contributed by atoms with van der Waals surface area (Å²) in [5, 5.41) is 10.4. The standard InChI is InChI=1S/C26H33NO5S/c1-17-8-10-19(11-9-17)24(29)27(20-12-14-21(28)15-13-20)22-16-23(18-6-4-3-5-7-18)33-25(22)32-26(30)31-2/h3-7,16-17,19-21,28H,8-15H2,1-2H3/t17-,19-,20-,21-. The Morgan fingerprint density at radius 3 is 2.30 bits per heavy atom. The Morgan fingerprint density at radius 2 is 1.67 bits per heavy atom. The fraction of sp³-hybridized carbons (Fsp3) is 0.538. The predicted octanol–water partition coefficient (Wildman–Crippen LogP) is 6.02. The second kappa shape index (κ2) is 10.7. The Kier molecular flexibility index (Phi) is 7.71. The minimum atomic E-state index is -0.796. The van der Waals surface area contributed by atoms with E-state index in [0.717, 1.165) is 49.0 Å². The number of thiophene rings is 1. The monoisotopic (exact) mass is 471 g/mol. The molecule has 1 amide bonds. The van der Waals surface area contributed by atoms with E-state index in [-0.39, 0.29) is 24.0 Å². The molecule has 2 saturated carbocycles. The molecule has 178 valence electrons. The summed E-state index contributed by atoms with van der Waals surface area (Å²) in [6.07, 6.45) is 5.55. The number of hydrogen-bond acceptors (Lipinski definition) is 6. The molecule has 7 heteroatoms. The molecule has 0 aliphatic heterocycles. The summed E-state index contributed by atoms with van der Waals surface area (Å²) in [6.45, 7) is 2.24. The van der Waals surface area contributed by atoms with Crippen LogP contribution in [0.15, 0.2) is 36.4 Å². The minimum absolute atomic E-state index is 0.0286. The summed E-state index contributed by atoms with van der Waals surface area (Å²) in [5.41, 5.74) is 1.63. The Morgan fingerprint density at radius 1 is 1.00 bits per heavy atom. The van der Waals surface area contributed by atoms with E-state index in [4.69, 9.17) is 9.47 Å². The number of carbonyl (C=O) groups excluding carboxylic acids is 2. The Labute approximate surface area is 199 Å². The average Bonchev–Trinajstić information content (AvgIpc) is 3.24. The molecule has 1 N–H and O–H groups in total. The molecule has 0 saturated heterocycles. The smallest absolute Gasteiger partial charge is 0.437 e. The summed E-state index contributed by atoms with van der Waals surface area (Å²) < 4.78 is 10.3. The molecule has 0 atom stereocenters. The lowest BCUT2D eigenvalue weighted by Gasteiger charge is -2.38. The van der Waals surface area contributed by atoms with E-state index in [9.17, 15) is 14.7 Å². The third-order valence-corrected chi connectivity index (χ3v) is 8.03. The first-order valence-corrected chi connectivity index (χ1v) is 12.7. The molecule has 0 radical (unpaired) electrons. The van der Waals surface area contributed by atoms with E-state index in [1.807, 2.05) is 41.3 Å². The van der Waals surface area contributed by atoms with Gasteiger partial charge in [0.25, 0.3) is 0 Å². The van der Waals surface area contributed by atoms with Gasteiger partial charge < -0.3 is 19.5 Å². The lowest BCUT2D eigenvalue weighted by molar-refractivity contribution is -0.124. The molecule has 4 rings (SSSR count). The first kappa shape index (κ1) is 23.8. The summed E-state index contributed by atoms with van der Waals surface area (Å²) in [6, 6.07) is 11.8. The zero-order valence-electron chi connectivity index (χ0n) is 19.4. The van der Waals surface area contributed by atoms with Crippen LogP contribution in [0.25, 0.3) is 10.4 Å². The van der Waals surface area contributed by atoms with Crippen molar-refractivity contribution in [3.63, 3.8) is 0 Å². The number of ether oxygens (including phenoxy) is 2. The average molecular weight is 472 g/mol. The topological polar surface area (TPSA) is 76.1 Å². The second-order valence-electron chi connectivity index (χ2n) is 9.33. The molecule has 2 aromatic rings. The Balaban J connectivity index is 1.73. The van der Waals surface area contributed by atoms with Crippen LogP contribution in [0.2, 0.25) is 0 Å². The number of aliphatic hydroxyl groups excluding tert-OH is 1. The fourth-order valence-corrected chi connectivity index (χ4v) is 5.98. The maximum absolute atomic E-state index is 13.9. The zero-order chi connectivity index (χ0) is 23.4. The molecule has 0 unspecified atom stereocenters. The molecular weight excluding hydrogens is 438 g/mol. The molecule has 2 aliphatic rings. The number of benzene rings is 1. The second-order valence-corrected chi connectivity index (χ2v) is 10.3. The van der Waals surface area contributed by atoms with E-state index in [2.05, 4.69) is 6.92 Å². The number of anilines is 1. The van der Waals surface area contributed by atoms with Gasteiger partial charge in [-0.2, -0.15) is 0 Å². The van der Waals surface area contributed by atoms with Gasteiger partial charge in [0.05, 0.1) is 18.9 Å². The first-order chi connectivity index (χ1) is 16.0. The highest BCUT2D eigenvalue weighted by Crippen LogP contribution is 2.46. The van der Waals surface area contributed by atoms with Crippen molar-refractivity contribution in [2.24, 2.45) is 11.8 Å². The van der Waals surface area contributed by atoms with Gasteiger partial charge in [-0.1, -0.05) is 48.6 Å². The van der Waals surface area contributed by atoms with Gasteiger partial charge >= 0.3 is 6.16 Å². The van der Waals surface area contributed by atoms with Crippen molar-refractivity contribution in [2.75, 3.05) is 12.0 Å². The van der Waals surface area contributed by atoms with Crippen molar-refractivity contribution in [1.29, 1.82) is 0 Å². The van der Waals surface area contributed by atoms with Gasteiger partial charge in [0, 0.05) is 16.8 Å². The van der Waals surface area contributed by atoms with Crippen LogP contribution in [0.1, 0.15) is 58.3 Å². The van der Waals surface area contributed by atoms with Gasteiger partial charge in [0.1, 0.15) is 0 Å². The maximum Gasteiger partial charge on any atom is 0.514 e. The van der Waals surface area contributed by atoms with Crippen LogP contribution in [-0.2, 0) is 9.53 Å². The van der Waals surface area contributed by atoms with Gasteiger partial charge in [0.2, 0.25) is 11.0 Å². The number of nitrogens with zero attached hydrogens (tertiary/aromatic N) is 1. The molecule has 0 bridgehead atoms. The predicted molar refractivity (Wildman–Crippen MR) is 130 cm³/mol. The van der Waals surface area contributed by atoms with E-state index >= 15 is 0 Å². The summed E-state index contributed by atoms with van der Waals surface area (Å²) >= 11 is 1.35. The SMILES string of the molecule is COC(=O)Oc1sc(-c2ccccc2)cc1N(C(=O)[C@H]1CC[C@H](C)CC1)[C@H]1CC[C@H](O)CC1. The molecule has 1 aromatic heterocycles. The molecule has 1 heterocycles. The van der Waals surface area contributed by atoms with Crippen LogP contribution in [-0.4, -0.2) is 36.4 Å². The van der Waals surface area contributed by atoms with Crippen LogP contribution >= 0.6 is 11.3 Å². The van der Waals surface area contributed by atoms with Crippen molar-refractivity contribution >= 4 is 29.1 Å². The normalized spacial score (nSPS) is 25.3. The van der Waals surface area contributed by atoms with E-state index in [0.29, 0.717) is 29.5 Å². The van der Waals surface area contributed by atoms with E-state index in [1.54, 1.807) is 0 Å². The van der Waals surface area contributed by atoms with Gasteiger partial charge in [0.15, 0.2) is 0 Å². The van der Waals surface area contributed by atoms with Crippen LogP contribution in [0.3, 0.4) is 0 Å². The van der Waals surface area contributed by atoms with Crippen molar-refractivity contribution in [1.82, 2.24) is 0 Å². The number of amides is 1. The molecular formula is C26H33NO5S. The number of rotatable bonds is 5. The molecule has 6 nitrogen and oxygen atoms in total. The van der Waals surface area contributed by atoms with E-state index < -0.39 is 6.16 Å². The Bertz CT molecular complexity index is 943. The number of methoxy groups -OCH3 is 1. The quantitative estimate of drug-likeness (QED) is 0.540. The lowest BCUT2D eigenvalue weighted by Crippen LogP contribution is -2.46. The summed E-state index contributed by atoms with van der Waals surface area (Å²) in [4.78, 5) is 28.8. The molecule has 33 heavy (non-hydrogen) atoms. The number of aliphatic hydroxyl groups is 1. The van der Waals surface area contributed by atoms with Crippen molar-refractivity contribution in [3.8, 4) is 15.5 Å². The largest absolute Gasteiger partial charge is 0.514 e. The number of hydrogen-bond donors (Lipinski definition) is 1. The molecule has 2 fully saturated rings. The zero-order valence-corrected chi connectivity index (χ0v) is 20.2. The van der Waals surface area contributed by atoms with Crippen LogP contribution in [0, 0.1) is 11.8 Å². The van der Waals surface area contributed by atoms with Gasteiger partial charge in [-0.3, -0.25) is 4.79 Å². The molecule has 1 aromatic carbocycles. The summed E-state index contributed by atoms with van der Waals surface area (Å²) in [7, 11) is 1.28. The molecule has 2 aliphatic carbocycles. The highest BCUT2D eigenvalue weighted by atomic mass is 32.1. The highest BCUT2D eigenvalue weighted by molar-refractivity contribution is 7.18. The summed E-state index contributed by atoms with van der Waals surface area (Å²) in [5.74, 6) is 0.728. The van der Waals surface area contributed by atoms with Crippen molar-refractivity contribution in [3.05, 3.63) is 36.4 Å². The van der Waals surface area contributed by atoms with Gasteiger partial charge in [-0.25, -0.2) is 4.79 Å². The Hall–Kier alpha value is -2.38. The minimum Gasteiger partial charge on any atom is -0.437 e. The van der Waals surface area contributed by atoms with Crippen molar-refractivity contribution < 1.29 is 24.2 Å². The maximum atomic E-state index is 13.9.